The van der Waals surface area contributed by atoms with Gasteiger partial charge >= 0.3 is 5.97 Å². The van der Waals surface area contributed by atoms with Crippen molar-refractivity contribution in [2.45, 2.75) is 75.5 Å². The molecule has 0 aliphatic rings. The van der Waals surface area contributed by atoms with Crippen molar-refractivity contribution in [3.8, 4) is 0 Å². The van der Waals surface area contributed by atoms with Crippen molar-refractivity contribution in [2.75, 3.05) is 0 Å². The third-order valence-corrected chi connectivity index (χ3v) is 4.84. The minimum absolute atomic E-state index is 0.321. The van der Waals surface area contributed by atoms with Gasteiger partial charge in [-0.25, -0.2) is 4.79 Å². The van der Waals surface area contributed by atoms with Crippen molar-refractivity contribution in [1.82, 2.24) is 0 Å². The van der Waals surface area contributed by atoms with Crippen LogP contribution in [-0.4, -0.2) is 15.4 Å². The fourth-order valence-electron chi connectivity index (χ4n) is 2.60. The van der Waals surface area contributed by atoms with E-state index < -0.39 is 10.3 Å². The second kappa shape index (κ2) is 10.9. The highest BCUT2D eigenvalue weighted by Crippen LogP contribution is 2.28. The number of alkyl halides is 2. The number of unbranched alkanes of at least 4 members (excludes halogenated alkanes) is 7. The molecule has 0 atom stereocenters. The highest BCUT2D eigenvalue weighted by atomic mass is 35.5. The van der Waals surface area contributed by atoms with Gasteiger partial charge in [-0.05, 0) is 38.2 Å². The van der Waals surface area contributed by atoms with Gasteiger partial charge in [-0.2, -0.15) is 0 Å². The smallest absolute Gasteiger partial charge is 0.340 e. The lowest BCUT2D eigenvalue weighted by molar-refractivity contribution is -0.138. The average Bonchev–Trinajstić information content (AvgIpc) is 2.50. The summed E-state index contributed by atoms with van der Waals surface area (Å²) in [5.41, 5.74) is 2.75. The molecule has 0 saturated heterocycles. The van der Waals surface area contributed by atoms with E-state index in [1.54, 1.807) is 0 Å². The molecule has 0 fully saturated rings. The maximum Gasteiger partial charge on any atom is 0.340 e. The van der Waals surface area contributed by atoms with Gasteiger partial charge in [-0.1, -0.05) is 91.6 Å². The number of hydrogen-bond acceptors (Lipinski definition) is 1. The lowest BCUT2D eigenvalue weighted by Gasteiger charge is -2.13. The molecule has 0 saturated carbocycles. The SMILES string of the molecule is Cc1ccc(CCCCCCCCCCC(Cl)(Cl)C(=O)O)cc1. The summed E-state index contributed by atoms with van der Waals surface area (Å²) >= 11 is 11.4. The quantitative estimate of drug-likeness (QED) is 0.351. The van der Waals surface area contributed by atoms with Crippen LogP contribution in [-0.2, 0) is 11.2 Å². The van der Waals surface area contributed by atoms with Crippen LogP contribution in [0.3, 0.4) is 0 Å². The lowest BCUT2D eigenvalue weighted by atomic mass is 10.0. The maximum absolute atomic E-state index is 10.7. The van der Waals surface area contributed by atoms with Crippen LogP contribution in [0.5, 0.6) is 0 Å². The van der Waals surface area contributed by atoms with E-state index in [0.717, 1.165) is 19.3 Å². The van der Waals surface area contributed by atoms with Crippen LogP contribution < -0.4 is 0 Å². The van der Waals surface area contributed by atoms with Crippen LogP contribution in [0.25, 0.3) is 0 Å². The molecule has 1 rings (SSSR count). The summed E-state index contributed by atoms with van der Waals surface area (Å²) in [4.78, 5) is 10.7. The molecule has 0 aromatic heterocycles. The highest BCUT2D eigenvalue weighted by Gasteiger charge is 2.32. The van der Waals surface area contributed by atoms with Gasteiger partial charge in [0, 0.05) is 0 Å². The molecule has 0 radical (unpaired) electrons. The summed E-state index contributed by atoms with van der Waals surface area (Å²) in [5, 5.41) is 8.80. The molecule has 0 spiro atoms. The maximum atomic E-state index is 10.7. The Kier molecular flexibility index (Phi) is 9.66. The second-order valence-electron chi connectivity index (χ2n) is 6.32. The lowest BCUT2D eigenvalue weighted by Crippen LogP contribution is -2.25. The van der Waals surface area contributed by atoms with Gasteiger partial charge in [0.25, 0.3) is 0 Å². The normalized spacial score (nSPS) is 11.6. The van der Waals surface area contributed by atoms with E-state index in [4.69, 9.17) is 28.3 Å². The third kappa shape index (κ3) is 9.22. The van der Waals surface area contributed by atoms with Gasteiger partial charge in [0.05, 0.1) is 0 Å². The molecule has 1 aromatic rings. The molecule has 0 bridgehead atoms. The van der Waals surface area contributed by atoms with Gasteiger partial charge in [-0.3, -0.25) is 0 Å². The molecule has 0 aliphatic heterocycles. The topological polar surface area (TPSA) is 37.3 Å². The first-order valence-corrected chi connectivity index (χ1v) is 9.34. The first-order chi connectivity index (χ1) is 10.9. The summed E-state index contributed by atoms with van der Waals surface area (Å²) in [5.74, 6) is -1.14. The molecular weight excluding hydrogens is 331 g/mol. The zero-order valence-corrected chi connectivity index (χ0v) is 15.5. The van der Waals surface area contributed by atoms with E-state index >= 15 is 0 Å². The van der Waals surface area contributed by atoms with Crippen LogP contribution in [0.2, 0.25) is 0 Å². The Hall–Kier alpha value is -0.730. The van der Waals surface area contributed by atoms with Crippen molar-refractivity contribution in [3.63, 3.8) is 0 Å². The van der Waals surface area contributed by atoms with E-state index in [1.807, 2.05) is 0 Å². The van der Waals surface area contributed by atoms with Crippen molar-refractivity contribution in [1.29, 1.82) is 0 Å². The standard InChI is InChI=1S/C19H28Cl2O2/c1-16-11-13-17(14-12-16)10-8-6-4-2-3-5-7-9-15-19(20,21)18(22)23/h11-14H,2-10,15H2,1H3,(H,22,23). The molecule has 1 aromatic carbocycles. The van der Waals surface area contributed by atoms with Crippen LogP contribution in [0.4, 0.5) is 0 Å². The molecule has 1 N–H and O–H groups in total. The number of carboxylic acid groups (broad SMARTS) is 1. The molecule has 0 heterocycles. The Bertz CT molecular complexity index is 455. The van der Waals surface area contributed by atoms with Gasteiger partial charge in [0.2, 0.25) is 4.33 Å². The number of aryl methyl sites for hydroxylation is 2. The van der Waals surface area contributed by atoms with E-state index in [2.05, 4.69) is 31.2 Å². The average molecular weight is 359 g/mol. The van der Waals surface area contributed by atoms with Crippen molar-refractivity contribution < 1.29 is 9.90 Å². The monoisotopic (exact) mass is 358 g/mol. The van der Waals surface area contributed by atoms with Gasteiger partial charge in [-0.15, -0.1) is 0 Å². The Morgan fingerprint density at radius 2 is 1.39 bits per heavy atom. The summed E-state index contributed by atoms with van der Waals surface area (Å²) in [6, 6.07) is 8.80. The number of benzene rings is 1. The number of rotatable bonds is 12. The zero-order valence-electron chi connectivity index (χ0n) is 14.0. The molecule has 4 heteroatoms. The molecule has 0 aliphatic carbocycles. The summed E-state index contributed by atoms with van der Waals surface area (Å²) in [7, 11) is 0. The number of hydrogen-bond donors (Lipinski definition) is 1. The first-order valence-electron chi connectivity index (χ1n) is 8.58. The van der Waals surface area contributed by atoms with Crippen molar-refractivity contribution in [2.24, 2.45) is 0 Å². The molecule has 130 valence electrons. The third-order valence-electron chi connectivity index (χ3n) is 4.14. The van der Waals surface area contributed by atoms with E-state index in [1.165, 1.54) is 49.7 Å². The van der Waals surface area contributed by atoms with Gasteiger partial charge in [0.1, 0.15) is 0 Å². The minimum atomic E-state index is -1.62. The molecule has 2 nitrogen and oxygen atoms in total. The zero-order chi connectivity index (χ0) is 17.1. The van der Waals surface area contributed by atoms with Crippen LogP contribution in [0.1, 0.15) is 68.9 Å². The van der Waals surface area contributed by atoms with E-state index in [0.29, 0.717) is 6.42 Å². The number of carboxylic acids is 1. The van der Waals surface area contributed by atoms with E-state index in [9.17, 15) is 4.79 Å². The summed E-state index contributed by atoms with van der Waals surface area (Å²) in [6.07, 6.45) is 10.6. The number of aliphatic carboxylic acids is 1. The predicted molar refractivity (Wildman–Crippen MR) is 98.5 cm³/mol. The number of halogens is 2. The molecule has 0 amide bonds. The second-order valence-corrected chi connectivity index (χ2v) is 7.81. The minimum Gasteiger partial charge on any atom is -0.479 e. The Labute approximate surface area is 150 Å². The Balaban J connectivity index is 1.92. The van der Waals surface area contributed by atoms with Crippen molar-refractivity contribution in [3.05, 3.63) is 35.4 Å². The van der Waals surface area contributed by atoms with Crippen LogP contribution >= 0.6 is 23.2 Å². The molecule has 0 unspecified atom stereocenters. The van der Waals surface area contributed by atoms with Crippen molar-refractivity contribution >= 4 is 29.2 Å². The summed E-state index contributed by atoms with van der Waals surface area (Å²) in [6.45, 7) is 2.12. The highest BCUT2D eigenvalue weighted by molar-refractivity contribution is 6.57. The van der Waals surface area contributed by atoms with Gasteiger partial charge in [0.15, 0.2) is 0 Å². The summed E-state index contributed by atoms with van der Waals surface area (Å²) < 4.78 is -1.62. The fraction of sp³-hybridized carbons (Fsp3) is 0.632. The Morgan fingerprint density at radius 1 is 0.913 bits per heavy atom. The van der Waals surface area contributed by atoms with E-state index in [-0.39, 0.29) is 0 Å². The number of carbonyl (C=O) groups is 1. The van der Waals surface area contributed by atoms with Crippen LogP contribution in [0.15, 0.2) is 24.3 Å². The predicted octanol–water partition coefficient (Wildman–Crippen LogP) is 6.31. The largest absolute Gasteiger partial charge is 0.479 e. The Morgan fingerprint density at radius 3 is 1.91 bits per heavy atom. The van der Waals surface area contributed by atoms with Crippen LogP contribution in [0, 0.1) is 6.92 Å². The fourth-order valence-corrected chi connectivity index (χ4v) is 2.87. The van der Waals surface area contributed by atoms with Gasteiger partial charge < -0.3 is 5.11 Å². The molecular formula is C19H28Cl2O2. The first kappa shape index (κ1) is 20.3. The molecule has 23 heavy (non-hydrogen) atoms.